The van der Waals surface area contributed by atoms with Gasteiger partial charge in [0.15, 0.2) is 11.5 Å². The Bertz CT molecular complexity index is 815. The Hall–Kier alpha value is -2.89. The smallest absolute Gasteiger partial charge is 0.339 e. The molecule has 6 heteroatoms. The molecular formula is C22H28O6. The van der Waals surface area contributed by atoms with Gasteiger partial charge in [0.05, 0.1) is 20.8 Å². The van der Waals surface area contributed by atoms with Gasteiger partial charge in [-0.3, -0.25) is 0 Å². The van der Waals surface area contributed by atoms with Crippen LogP contribution in [-0.4, -0.2) is 37.0 Å². The zero-order valence-corrected chi connectivity index (χ0v) is 16.8. The first-order chi connectivity index (χ1) is 13.4. The number of aromatic hydroxyl groups is 1. The van der Waals surface area contributed by atoms with Gasteiger partial charge in [0, 0.05) is 5.56 Å². The van der Waals surface area contributed by atoms with Crippen molar-refractivity contribution in [3.05, 3.63) is 47.0 Å². The molecule has 1 atom stereocenters. The van der Waals surface area contributed by atoms with E-state index in [1.54, 1.807) is 20.3 Å². The van der Waals surface area contributed by atoms with Gasteiger partial charge in [-0.05, 0) is 48.6 Å². The molecule has 0 fully saturated rings. The molecule has 2 N–H and O–H groups in total. The van der Waals surface area contributed by atoms with Crippen LogP contribution in [0.5, 0.6) is 23.0 Å². The minimum absolute atomic E-state index is 0.102. The molecule has 0 aliphatic heterocycles. The predicted molar refractivity (Wildman–Crippen MR) is 107 cm³/mol. The third-order valence-electron chi connectivity index (χ3n) is 4.76. The zero-order valence-electron chi connectivity index (χ0n) is 16.8. The second kappa shape index (κ2) is 9.88. The number of benzene rings is 2. The fourth-order valence-electron chi connectivity index (χ4n) is 3.09. The summed E-state index contributed by atoms with van der Waals surface area (Å²) in [6.45, 7) is 4.51. The summed E-state index contributed by atoms with van der Waals surface area (Å²) < 4.78 is 16.5. The molecule has 6 nitrogen and oxygen atoms in total. The second-order valence-electron chi connectivity index (χ2n) is 6.65. The molecule has 28 heavy (non-hydrogen) atoms. The van der Waals surface area contributed by atoms with Crippen molar-refractivity contribution < 1.29 is 29.2 Å². The molecule has 0 aromatic heterocycles. The van der Waals surface area contributed by atoms with Crippen LogP contribution in [0.1, 0.15) is 54.1 Å². The molecule has 0 spiro atoms. The predicted octanol–water partition coefficient (Wildman–Crippen LogP) is 4.63. The Kier molecular flexibility index (Phi) is 7.55. The van der Waals surface area contributed by atoms with Crippen LogP contribution in [-0.2, 0) is 6.42 Å². The van der Waals surface area contributed by atoms with Crippen molar-refractivity contribution in [1.82, 2.24) is 0 Å². The number of aromatic carboxylic acids is 1. The molecule has 2 aromatic rings. The lowest BCUT2D eigenvalue weighted by Crippen LogP contribution is -2.07. The summed E-state index contributed by atoms with van der Waals surface area (Å²) in [7, 11) is 3.21. The molecule has 0 saturated heterocycles. The summed E-state index contributed by atoms with van der Waals surface area (Å²) >= 11 is 0. The fraction of sp³-hybridized carbons (Fsp3) is 0.409. The number of hydrogen-bond acceptors (Lipinski definition) is 5. The van der Waals surface area contributed by atoms with Crippen LogP contribution in [0.4, 0.5) is 0 Å². The third kappa shape index (κ3) is 4.88. The Balaban J connectivity index is 2.08. The standard InChI is InChI=1S/C22H28O6/c1-5-6-16-18(10-8-17(21(16)23)22(24)25)28-12-11-14(2)15-7-9-19(26-3)20(13-15)27-4/h7-10,13-14,23H,5-6,11-12H2,1-4H3,(H,24,25). The molecular weight excluding hydrogens is 360 g/mol. The number of carboxylic acids is 1. The van der Waals surface area contributed by atoms with Gasteiger partial charge in [-0.25, -0.2) is 4.79 Å². The van der Waals surface area contributed by atoms with Gasteiger partial charge in [-0.1, -0.05) is 26.3 Å². The molecule has 1 unspecified atom stereocenters. The lowest BCUT2D eigenvalue weighted by molar-refractivity contribution is 0.0693. The number of phenols is 1. The number of ether oxygens (including phenoxy) is 3. The monoisotopic (exact) mass is 388 g/mol. The Morgan fingerprint density at radius 2 is 1.75 bits per heavy atom. The SMILES string of the molecule is CCCc1c(OCCC(C)c2ccc(OC)c(OC)c2)ccc(C(=O)O)c1O. The molecule has 0 bridgehead atoms. The Morgan fingerprint density at radius 1 is 1.07 bits per heavy atom. The van der Waals surface area contributed by atoms with Gasteiger partial charge in [-0.15, -0.1) is 0 Å². The molecule has 0 aliphatic carbocycles. The van der Waals surface area contributed by atoms with Crippen molar-refractivity contribution in [2.24, 2.45) is 0 Å². The van der Waals surface area contributed by atoms with Gasteiger partial charge in [0.2, 0.25) is 0 Å². The van der Waals surface area contributed by atoms with E-state index >= 15 is 0 Å². The van der Waals surface area contributed by atoms with Gasteiger partial charge in [0.1, 0.15) is 17.1 Å². The van der Waals surface area contributed by atoms with Crippen LogP contribution in [0.3, 0.4) is 0 Å². The number of carboxylic acid groups (broad SMARTS) is 1. The number of hydrogen-bond donors (Lipinski definition) is 2. The van der Waals surface area contributed by atoms with E-state index in [1.165, 1.54) is 6.07 Å². The maximum absolute atomic E-state index is 11.2. The summed E-state index contributed by atoms with van der Waals surface area (Å²) in [5.41, 5.74) is 1.55. The van der Waals surface area contributed by atoms with Crippen LogP contribution in [0.25, 0.3) is 0 Å². The van der Waals surface area contributed by atoms with E-state index in [0.29, 0.717) is 35.8 Å². The zero-order chi connectivity index (χ0) is 20.7. The van der Waals surface area contributed by atoms with Crippen LogP contribution in [0.15, 0.2) is 30.3 Å². The number of methoxy groups -OCH3 is 2. The molecule has 0 heterocycles. The maximum atomic E-state index is 11.2. The molecule has 0 saturated carbocycles. The first-order valence-electron chi connectivity index (χ1n) is 9.35. The van der Waals surface area contributed by atoms with Crippen molar-refractivity contribution in [2.45, 2.75) is 39.0 Å². The third-order valence-corrected chi connectivity index (χ3v) is 4.76. The summed E-state index contributed by atoms with van der Waals surface area (Å²) in [6, 6.07) is 8.84. The largest absolute Gasteiger partial charge is 0.507 e. The number of rotatable bonds is 10. The van der Waals surface area contributed by atoms with Gasteiger partial charge < -0.3 is 24.4 Å². The molecule has 0 amide bonds. The molecule has 152 valence electrons. The molecule has 2 rings (SSSR count). The molecule has 0 aliphatic rings. The minimum Gasteiger partial charge on any atom is -0.507 e. The average Bonchev–Trinajstić information content (AvgIpc) is 2.69. The summed E-state index contributed by atoms with van der Waals surface area (Å²) in [6.07, 6.45) is 2.07. The van der Waals surface area contributed by atoms with Crippen molar-refractivity contribution in [3.63, 3.8) is 0 Å². The lowest BCUT2D eigenvalue weighted by Gasteiger charge is -2.17. The van der Waals surface area contributed by atoms with Gasteiger partial charge in [-0.2, -0.15) is 0 Å². The van der Waals surface area contributed by atoms with E-state index in [-0.39, 0.29) is 17.2 Å². The summed E-state index contributed by atoms with van der Waals surface area (Å²) in [5, 5.41) is 19.5. The summed E-state index contributed by atoms with van der Waals surface area (Å²) in [4.78, 5) is 11.2. The Morgan fingerprint density at radius 3 is 2.36 bits per heavy atom. The van der Waals surface area contributed by atoms with E-state index in [4.69, 9.17) is 14.2 Å². The van der Waals surface area contributed by atoms with E-state index in [9.17, 15) is 15.0 Å². The highest BCUT2D eigenvalue weighted by molar-refractivity contribution is 5.91. The van der Waals surface area contributed by atoms with E-state index in [2.05, 4.69) is 6.92 Å². The van der Waals surface area contributed by atoms with Crippen molar-refractivity contribution in [3.8, 4) is 23.0 Å². The molecule has 2 aromatic carbocycles. The van der Waals surface area contributed by atoms with Crippen molar-refractivity contribution in [1.29, 1.82) is 0 Å². The molecule has 0 radical (unpaired) electrons. The van der Waals surface area contributed by atoms with E-state index in [0.717, 1.165) is 18.4 Å². The highest BCUT2D eigenvalue weighted by Gasteiger charge is 2.18. The van der Waals surface area contributed by atoms with Crippen LogP contribution in [0.2, 0.25) is 0 Å². The van der Waals surface area contributed by atoms with Crippen LogP contribution < -0.4 is 14.2 Å². The highest BCUT2D eigenvalue weighted by atomic mass is 16.5. The second-order valence-corrected chi connectivity index (χ2v) is 6.65. The van der Waals surface area contributed by atoms with Crippen molar-refractivity contribution >= 4 is 5.97 Å². The summed E-state index contributed by atoms with van der Waals surface area (Å²) in [5.74, 6) is 0.772. The highest BCUT2D eigenvalue weighted by Crippen LogP contribution is 2.34. The first kappa shape index (κ1) is 21.4. The van der Waals surface area contributed by atoms with Crippen LogP contribution >= 0.6 is 0 Å². The fourth-order valence-corrected chi connectivity index (χ4v) is 3.09. The topological polar surface area (TPSA) is 85.2 Å². The normalized spacial score (nSPS) is 11.7. The minimum atomic E-state index is -1.15. The van der Waals surface area contributed by atoms with E-state index < -0.39 is 5.97 Å². The quantitative estimate of drug-likeness (QED) is 0.617. The maximum Gasteiger partial charge on any atom is 0.339 e. The van der Waals surface area contributed by atoms with Gasteiger partial charge in [0.25, 0.3) is 0 Å². The lowest BCUT2D eigenvalue weighted by atomic mass is 9.97. The first-order valence-corrected chi connectivity index (χ1v) is 9.35. The van der Waals surface area contributed by atoms with E-state index in [1.807, 2.05) is 25.1 Å². The Labute approximate surface area is 165 Å². The van der Waals surface area contributed by atoms with Gasteiger partial charge >= 0.3 is 5.97 Å². The average molecular weight is 388 g/mol. The van der Waals surface area contributed by atoms with Crippen molar-refractivity contribution in [2.75, 3.05) is 20.8 Å². The van der Waals surface area contributed by atoms with Crippen LogP contribution in [0, 0.1) is 0 Å². The number of carbonyl (C=O) groups is 1.